The van der Waals surface area contributed by atoms with Gasteiger partial charge in [-0.15, -0.1) is 4.73 Å². The largest absolute Gasteiger partial charge is 0.492 e. The van der Waals surface area contributed by atoms with Gasteiger partial charge in [-0.25, -0.2) is 4.79 Å². The number of alkyl halides is 3. The van der Waals surface area contributed by atoms with Gasteiger partial charge in [-0.1, -0.05) is 0 Å². The summed E-state index contributed by atoms with van der Waals surface area (Å²) in [5, 5.41) is 18.6. The molecule has 2 heterocycles. The molecule has 0 radical (unpaired) electrons. The lowest BCUT2D eigenvalue weighted by Crippen LogP contribution is -2.53. The van der Waals surface area contributed by atoms with E-state index in [1.165, 1.54) is 0 Å². The zero-order valence-electron chi connectivity index (χ0n) is 10.3. The highest BCUT2D eigenvalue weighted by Gasteiger charge is 2.47. The molecular formula is C11H13F3N2O4. The van der Waals surface area contributed by atoms with Gasteiger partial charge < -0.3 is 15.1 Å². The van der Waals surface area contributed by atoms with Gasteiger partial charge in [0, 0.05) is 18.7 Å². The van der Waals surface area contributed by atoms with Crippen LogP contribution in [-0.4, -0.2) is 44.7 Å². The number of rotatable bonds is 1. The highest BCUT2D eigenvalue weighted by molar-refractivity contribution is 5.69. The fraction of sp³-hybridized carbons (Fsp3) is 0.545. The number of nitrogens with zero attached hydrogens (tertiary/aromatic N) is 2. The maximum atomic E-state index is 12.8. The van der Waals surface area contributed by atoms with Crippen LogP contribution < -0.4 is 4.84 Å². The molecule has 20 heavy (non-hydrogen) atoms. The highest BCUT2D eigenvalue weighted by Crippen LogP contribution is 2.32. The second-order valence-electron chi connectivity index (χ2n) is 4.45. The molecule has 1 aromatic rings. The summed E-state index contributed by atoms with van der Waals surface area (Å²) >= 11 is 0. The summed E-state index contributed by atoms with van der Waals surface area (Å²) in [7, 11) is 0. The normalized spacial score (nSPS) is 19.9. The topological polar surface area (TPSA) is 74.9 Å². The third-order valence-corrected chi connectivity index (χ3v) is 3.08. The average molecular weight is 294 g/mol. The lowest BCUT2D eigenvalue weighted by Gasteiger charge is -2.35. The van der Waals surface area contributed by atoms with Crippen LogP contribution in [0.5, 0.6) is 11.8 Å². The van der Waals surface area contributed by atoms with E-state index in [9.17, 15) is 28.2 Å². The molecule has 1 aromatic heterocycles. The van der Waals surface area contributed by atoms with Gasteiger partial charge in [0.15, 0.2) is 0 Å². The van der Waals surface area contributed by atoms with Crippen molar-refractivity contribution in [3.05, 3.63) is 12.1 Å². The summed E-state index contributed by atoms with van der Waals surface area (Å²) < 4.78 is 38.9. The van der Waals surface area contributed by atoms with E-state index in [4.69, 9.17) is 0 Å². The molecule has 1 amide bonds. The fourth-order valence-electron chi connectivity index (χ4n) is 2.12. The zero-order chi connectivity index (χ0) is 14.9. The molecule has 0 aromatic carbocycles. The van der Waals surface area contributed by atoms with Crippen molar-refractivity contribution in [3.8, 4) is 11.8 Å². The van der Waals surface area contributed by atoms with E-state index in [-0.39, 0.29) is 13.0 Å². The first-order valence-electron chi connectivity index (χ1n) is 5.96. The number of piperidine rings is 1. The molecule has 1 unspecified atom stereocenters. The summed E-state index contributed by atoms with van der Waals surface area (Å²) in [4.78, 5) is 16.9. The molecule has 0 spiro atoms. The van der Waals surface area contributed by atoms with E-state index in [0.717, 1.165) is 12.1 Å². The number of carbonyl (C=O) groups is 1. The Kier molecular flexibility index (Phi) is 3.69. The smallest absolute Gasteiger partial charge is 0.435 e. The van der Waals surface area contributed by atoms with Crippen molar-refractivity contribution in [2.75, 3.05) is 6.54 Å². The number of hydrogen-bond acceptors (Lipinski definition) is 4. The third-order valence-electron chi connectivity index (χ3n) is 3.08. The third kappa shape index (κ3) is 2.75. The number of aromatic hydroxyl groups is 2. The SMILES string of the molecule is O=C(On1c(O)ccc1O)N1CCCCC1C(F)(F)F. The molecule has 1 aliphatic rings. The van der Waals surface area contributed by atoms with Crippen LogP contribution in [0, 0.1) is 0 Å². The van der Waals surface area contributed by atoms with Crippen molar-refractivity contribution < 1.29 is 33.0 Å². The molecule has 1 aliphatic heterocycles. The number of likely N-dealkylation sites (tertiary alicyclic amines) is 1. The van der Waals surface area contributed by atoms with E-state index in [1.807, 2.05) is 0 Å². The van der Waals surface area contributed by atoms with Gasteiger partial charge in [0.05, 0.1) is 0 Å². The van der Waals surface area contributed by atoms with Crippen molar-refractivity contribution >= 4 is 6.09 Å². The van der Waals surface area contributed by atoms with Gasteiger partial charge in [0.1, 0.15) is 6.04 Å². The predicted molar refractivity (Wildman–Crippen MR) is 60.1 cm³/mol. The van der Waals surface area contributed by atoms with Crippen LogP contribution in [0.4, 0.5) is 18.0 Å². The van der Waals surface area contributed by atoms with Crippen LogP contribution >= 0.6 is 0 Å². The molecule has 6 nitrogen and oxygen atoms in total. The zero-order valence-corrected chi connectivity index (χ0v) is 10.3. The van der Waals surface area contributed by atoms with E-state index in [1.54, 1.807) is 0 Å². The summed E-state index contributed by atoms with van der Waals surface area (Å²) in [5.41, 5.74) is 0. The molecule has 1 atom stereocenters. The van der Waals surface area contributed by atoms with Crippen LogP contribution in [0.2, 0.25) is 0 Å². The molecule has 0 aliphatic carbocycles. The van der Waals surface area contributed by atoms with E-state index in [0.29, 0.717) is 22.5 Å². The predicted octanol–water partition coefficient (Wildman–Crippen LogP) is 1.86. The van der Waals surface area contributed by atoms with Crippen LogP contribution in [0.3, 0.4) is 0 Å². The van der Waals surface area contributed by atoms with E-state index < -0.39 is 30.1 Å². The van der Waals surface area contributed by atoms with Crippen LogP contribution in [0.15, 0.2) is 12.1 Å². The molecule has 0 saturated carbocycles. The van der Waals surface area contributed by atoms with Gasteiger partial charge in [-0.3, -0.25) is 4.90 Å². The van der Waals surface area contributed by atoms with Crippen molar-refractivity contribution in [2.45, 2.75) is 31.5 Å². The summed E-state index contributed by atoms with van der Waals surface area (Å²) in [6.45, 7) is -0.0915. The minimum Gasteiger partial charge on any atom is -0.492 e. The van der Waals surface area contributed by atoms with Crippen LogP contribution in [0.25, 0.3) is 0 Å². The van der Waals surface area contributed by atoms with Gasteiger partial charge >= 0.3 is 12.3 Å². The summed E-state index contributed by atoms with van der Waals surface area (Å²) in [5.74, 6) is -1.17. The molecule has 1 saturated heterocycles. The van der Waals surface area contributed by atoms with Crippen molar-refractivity contribution in [3.63, 3.8) is 0 Å². The Morgan fingerprint density at radius 2 is 1.85 bits per heavy atom. The quantitative estimate of drug-likeness (QED) is 0.829. The Bertz CT molecular complexity index is 481. The minimum atomic E-state index is -4.54. The molecule has 2 N–H and O–H groups in total. The van der Waals surface area contributed by atoms with Crippen molar-refractivity contribution in [2.24, 2.45) is 0 Å². The Labute approximate surface area is 111 Å². The van der Waals surface area contributed by atoms with Gasteiger partial charge in [0.25, 0.3) is 0 Å². The van der Waals surface area contributed by atoms with Gasteiger partial charge in [-0.05, 0) is 19.3 Å². The second kappa shape index (κ2) is 5.14. The fourth-order valence-corrected chi connectivity index (χ4v) is 2.12. The van der Waals surface area contributed by atoms with Gasteiger partial charge in [-0.2, -0.15) is 13.2 Å². The molecule has 1 fully saturated rings. The Morgan fingerprint density at radius 3 is 2.40 bits per heavy atom. The minimum absolute atomic E-state index is 0.0915. The standard InChI is InChI=1S/C11H13F3N2O4/c12-11(13,14)7-3-1-2-6-15(7)10(19)20-16-8(17)4-5-9(16)18/h4-5,7,17-18H,1-3,6H2. The highest BCUT2D eigenvalue weighted by atomic mass is 19.4. The van der Waals surface area contributed by atoms with Crippen molar-refractivity contribution in [1.29, 1.82) is 0 Å². The molecule has 112 valence electrons. The maximum Gasteiger partial charge on any atom is 0.435 e. The summed E-state index contributed by atoms with van der Waals surface area (Å²) in [6, 6.07) is 0.170. The Hall–Kier alpha value is -2.06. The molecular weight excluding hydrogens is 281 g/mol. The molecule has 9 heteroatoms. The summed E-state index contributed by atoms with van der Waals surface area (Å²) in [6.07, 6.45) is -5.20. The number of hydrogen-bond donors (Lipinski definition) is 2. The molecule has 0 bridgehead atoms. The van der Waals surface area contributed by atoms with Crippen molar-refractivity contribution in [1.82, 2.24) is 9.63 Å². The van der Waals surface area contributed by atoms with Crippen LogP contribution in [-0.2, 0) is 0 Å². The van der Waals surface area contributed by atoms with Crippen LogP contribution in [0.1, 0.15) is 19.3 Å². The van der Waals surface area contributed by atoms with E-state index in [2.05, 4.69) is 4.84 Å². The number of halogens is 3. The number of amides is 1. The number of aromatic nitrogens is 1. The first-order chi connectivity index (χ1) is 9.30. The van der Waals surface area contributed by atoms with Gasteiger partial charge in [0.2, 0.25) is 11.8 Å². The lowest BCUT2D eigenvalue weighted by atomic mass is 10.0. The Balaban J connectivity index is 2.14. The molecule has 2 rings (SSSR count). The monoisotopic (exact) mass is 294 g/mol. The second-order valence-corrected chi connectivity index (χ2v) is 4.45. The number of carbonyl (C=O) groups excluding carboxylic acids is 1. The first-order valence-corrected chi connectivity index (χ1v) is 5.96. The Morgan fingerprint density at radius 1 is 1.25 bits per heavy atom. The van der Waals surface area contributed by atoms with E-state index >= 15 is 0 Å². The average Bonchev–Trinajstić information content (AvgIpc) is 2.69. The first kappa shape index (κ1) is 14.4. The lowest BCUT2D eigenvalue weighted by molar-refractivity contribution is -0.185. The maximum absolute atomic E-state index is 12.8.